The maximum Gasteiger partial charge on any atom is 0.156 e. The van der Waals surface area contributed by atoms with Gasteiger partial charge in [0.2, 0.25) is 0 Å². The van der Waals surface area contributed by atoms with Gasteiger partial charge in [0.15, 0.2) is 11.5 Å². The largest absolute Gasteiger partial charge is 0.492 e. The Kier molecular flexibility index (Phi) is 5.63. The lowest BCUT2D eigenvalue weighted by molar-refractivity contribution is 0.238. The van der Waals surface area contributed by atoms with Crippen LogP contribution in [0.3, 0.4) is 0 Å². The maximum atomic E-state index is 5.91. The number of rotatable bonds is 7. The topological polar surface area (TPSA) is 55.5 Å². The van der Waals surface area contributed by atoms with Crippen molar-refractivity contribution in [2.45, 2.75) is 26.2 Å². The minimum absolute atomic E-state index is 0.682. The summed E-state index contributed by atoms with van der Waals surface area (Å²) in [5.41, 5.74) is 5.03. The number of aryl methyl sites for hydroxylation is 1. The first-order chi connectivity index (χ1) is 15.2. The van der Waals surface area contributed by atoms with E-state index in [0.29, 0.717) is 6.42 Å². The Morgan fingerprint density at radius 2 is 1.81 bits per heavy atom. The van der Waals surface area contributed by atoms with Crippen molar-refractivity contribution in [3.05, 3.63) is 77.9 Å². The summed E-state index contributed by atoms with van der Waals surface area (Å²) >= 11 is 0. The van der Waals surface area contributed by atoms with E-state index >= 15 is 0 Å². The van der Waals surface area contributed by atoms with Crippen molar-refractivity contribution >= 4 is 5.65 Å². The highest BCUT2D eigenvalue weighted by molar-refractivity contribution is 5.62. The number of benzene rings is 1. The van der Waals surface area contributed by atoms with Crippen molar-refractivity contribution in [1.29, 1.82) is 0 Å². The van der Waals surface area contributed by atoms with E-state index in [4.69, 9.17) is 14.8 Å². The molecule has 158 valence electrons. The highest BCUT2D eigenvalue weighted by atomic mass is 16.5. The Morgan fingerprint density at radius 1 is 0.968 bits per heavy atom. The van der Waals surface area contributed by atoms with Crippen LogP contribution in [0, 0.1) is 6.92 Å². The Bertz CT molecular complexity index is 1140. The third-order valence-electron chi connectivity index (χ3n) is 5.77. The van der Waals surface area contributed by atoms with Crippen LogP contribution in [-0.4, -0.2) is 50.7 Å². The monoisotopic (exact) mass is 413 g/mol. The number of likely N-dealkylation sites (tertiary alicyclic amines) is 1. The zero-order valence-corrected chi connectivity index (χ0v) is 17.9. The van der Waals surface area contributed by atoms with Crippen molar-refractivity contribution in [1.82, 2.24) is 24.5 Å². The van der Waals surface area contributed by atoms with E-state index in [2.05, 4.69) is 28.1 Å². The van der Waals surface area contributed by atoms with Gasteiger partial charge in [0.1, 0.15) is 12.4 Å². The summed E-state index contributed by atoms with van der Waals surface area (Å²) in [6.07, 6.45) is 5.19. The van der Waals surface area contributed by atoms with Gasteiger partial charge in [-0.15, -0.1) is 0 Å². The molecule has 0 atom stereocenters. The van der Waals surface area contributed by atoms with Gasteiger partial charge in [-0.25, -0.2) is 9.50 Å². The molecule has 1 aromatic carbocycles. The molecule has 0 radical (unpaired) electrons. The fraction of sp³-hybridized carbons (Fsp3) is 0.320. The summed E-state index contributed by atoms with van der Waals surface area (Å²) in [5, 5.41) is 4.76. The fourth-order valence-electron chi connectivity index (χ4n) is 4.05. The molecular weight excluding hydrogens is 386 g/mol. The quantitative estimate of drug-likeness (QED) is 0.455. The Labute approximate surface area is 182 Å². The van der Waals surface area contributed by atoms with Gasteiger partial charge >= 0.3 is 0 Å². The minimum Gasteiger partial charge on any atom is -0.492 e. The molecule has 6 nitrogen and oxygen atoms in total. The number of pyridine rings is 2. The lowest BCUT2D eigenvalue weighted by Gasteiger charge is -2.14. The van der Waals surface area contributed by atoms with Gasteiger partial charge in [-0.1, -0.05) is 18.2 Å². The molecule has 0 unspecified atom stereocenters. The van der Waals surface area contributed by atoms with E-state index in [1.54, 1.807) is 0 Å². The van der Waals surface area contributed by atoms with Gasteiger partial charge in [-0.2, -0.15) is 5.10 Å². The molecule has 1 aliphatic rings. The van der Waals surface area contributed by atoms with E-state index in [0.717, 1.165) is 47.3 Å². The SMILES string of the molecule is Cc1ccc(-c2cccc3nc(Cc4ccc(OCCN5CCCC5)cc4)nn23)cn1. The molecule has 0 N–H and O–H groups in total. The van der Waals surface area contributed by atoms with Crippen molar-refractivity contribution in [3.8, 4) is 17.0 Å². The molecule has 31 heavy (non-hydrogen) atoms. The van der Waals surface area contributed by atoms with Crippen LogP contribution in [-0.2, 0) is 6.42 Å². The van der Waals surface area contributed by atoms with Crippen LogP contribution in [0.1, 0.15) is 29.9 Å². The van der Waals surface area contributed by atoms with Crippen molar-refractivity contribution in [2.75, 3.05) is 26.2 Å². The number of fused-ring (bicyclic) bond motifs is 1. The molecule has 1 aliphatic heterocycles. The summed E-state index contributed by atoms with van der Waals surface area (Å²) < 4.78 is 7.81. The highest BCUT2D eigenvalue weighted by Crippen LogP contribution is 2.21. The molecule has 0 bridgehead atoms. The molecule has 6 heteroatoms. The molecule has 1 saturated heterocycles. The average molecular weight is 414 g/mol. The standard InChI is InChI=1S/C25H27N5O/c1-19-7-10-21(18-26-19)23-5-4-6-25-27-24(28-30(23)25)17-20-8-11-22(12-9-20)31-16-15-29-13-2-3-14-29/h4-12,18H,2-3,13-17H2,1H3. The van der Waals surface area contributed by atoms with Gasteiger partial charge in [-0.05, 0) is 74.8 Å². The smallest absolute Gasteiger partial charge is 0.156 e. The Morgan fingerprint density at radius 3 is 2.58 bits per heavy atom. The number of aromatic nitrogens is 4. The van der Waals surface area contributed by atoms with Crippen LogP contribution < -0.4 is 4.74 Å². The van der Waals surface area contributed by atoms with Crippen LogP contribution in [0.2, 0.25) is 0 Å². The lowest BCUT2D eigenvalue weighted by Crippen LogP contribution is -2.25. The normalized spacial score (nSPS) is 14.4. The van der Waals surface area contributed by atoms with Crippen molar-refractivity contribution < 1.29 is 4.74 Å². The highest BCUT2D eigenvalue weighted by Gasteiger charge is 2.12. The molecule has 5 rings (SSSR count). The van der Waals surface area contributed by atoms with Gasteiger partial charge < -0.3 is 4.74 Å². The van der Waals surface area contributed by atoms with Crippen molar-refractivity contribution in [2.24, 2.45) is 0 Å². The van der Waals surface area contributed by atoms with E-state index in [9.17, 15) is 0 Å². The first-order valence-corrected chi connectivity index (χ1v) is 11.0. The van der Waals surface area contributed by atoms with Crippen LogP contribution >= 0.6 is 0 Å². The van der Waals surface area contributed by atoms with E-state index in [-0.39, 0.29) is 0 Å². The number of hydrogen-bond donors (Lipinski definition) is 0. The second-order valence-corrected chi connectivity index (χ2v) is 8.12. The maximum absolute atomic E-state index is 5.91. The third kappa shape index (κ3) is 4.59. The molecule has 4 aromatic rings. The Hall–Kier alpha value is -3.25. The van der Waals surface area contributed by atoms with Crippen molar-refractivity contribution in [3.63, 3.8) is 0 Å². The molecule has 1 fully saturated rings. The first-order valence-electron chi connectivity index (χ1n) is 11.0. The number of hydrogen-bond acceptors (Lipinski definition) is 5. The predicted molar refractivity (Wildman–Crippen MR) is 121 cm³/mol. The molecule has 3 aromatic heterocycles. The molecular formula is C25H27N5O. The molecule has 0 aliphatic carbocycles. The molecule has 0 saturated carbocycles. The summed E-state index contributed by atoms with van der Waals surface area (Å²) in [6.45, 7) is 6.14. The lowest BCUT2D eigenvalue weighted by atomic mass is 10.1. The molecule has 0 spiro atoms. The Balaban J connectivity index is 1.27. The van der Waals surface area contributed by atoms with E-state index < -0.39 is 0 Å². The van der Waals surface area contributed by atoms with Crippen LogP contribution in [0.5, 0.6) is 5.75 Å². The zero-order chi connectivity index (χ0) is 21.0. The van der Waals surface area contributed by atoms with Crippen LogP contribution in [0.25, 0.3) is 16.9 Å². The van der Waals surface area contributed by atoms with E-state index in [1.165, 1.54) is 31.5 Å². The van der Waals surface area contributed by atoms with Gasteiger partial charge in [-0.3, -0.25) is 9.88 Å². The number of nitrogens with zero attached hydrogens (tertiary/aromatic N) is 5. The molecule has 0 amide bonds. The second kappa shape index (κ2) is 8.86. The summed E-state index contributed by atoms with van der Waals surface area (Å²) in [4.78, 5) is 11.6. The van der Waals surface area contributed by atoms with Crippen LogP contribution in [0.15, 0.2) is 60.8 Å². The summed E-state index contributed by atoms with van der Waals surface area (Å²) in [5.74, 6) is 1.72. The van der Waals surface area contributed by atoms with Gasteiger partial charge in [0.05, 0.1) is 5.69 Å². The van der Waals surface area contributed by atoms with E-state index in [1.807, 2.05) is 54.0 Å². The number of ether oxygens (including phenoxy) is 1. The zero-order valence-electron chi connectivity index (χ0n) is 17.9. The fourth-order valence-corrected chi connectivity index (χ4v) is 4.05. The van der Waals surface area contributed by atoms with Gasteiger partial charge in [0, 0.05) is 30.4 Å². The molecule has 4 heterocycles. The van der Waals surface area contributed by atoms with Gasteiger partial charge in [0.25, 0.3) is 0 Å². The van der Waals surface area contributed by atoms with Crippen LogP contribution in [0.4, 0.5) is 0 Å². The minimum atomic E-state index is 0.682. The summed E-state index contributed by atoms with van der Waals surface area (Å²) in [6, 6.07) is 18.4. The third-order valence-corrected chi connectivity index (χ3v) is 5.77. The predicted octanol–water partition coefficient (Wildman–Crippen LogP) is 4.17. The summed E-state index contributed by atoms with van der Waals surface area (Å²) in [7, 11) is 0. The average Bonchev–Trinajstić information content (AvgIpc) is 3.45. The second-order valence-electron chi connectivity index (χ2n) is 8.12. The first kappa shape index (κ1) is 19.7.